The lowest BCUT2D eigenvalue weighted by Crippen LogP contribution is -2.10. The summed E-state index contributed by atoms with van der Waals surface area (Å²) in [6.45, 7) is 2.02. The molecule has 0 aliphatic rings. The number of anilines is 1. The molecule has 0 saturated carbocycles. The number of hydrogen-bond acceptors (Lipinski definition) is 4. The van der Waals surface area contributed by atoms with Gasteiger partial charge in [0.2, 0.25) is 0 Å². The van der Waals surface area contributed by atoms with Crippen LogP contribution in [-0.4, -0.2) is 10.9 Å². The maximum Gasteiger partial charge on any atom is 0.417 e. The van der Waals surface area contributed by atoms with E-state index in [1.165, 1.54) is 41.7 Å². The Morgan fingerprint density at radius 1 is 1.10 bits per heavy atom. The minimum atomic E-state index is -4.53. The van der Waals surface area contributed by atoms with E-state index in [4.69, 9.17) is 4.42 Å². The number of hydrogen-bond donors (Lipinski definition) is 1. The van der Waals surface area contributed by atoms with Crippen LogP contribution < -0.4 is 5.32 Å². The van der Waals surface area contributed by atoms with E-state index in [1.807, 2.05) is 25.1 Å². The maximum atomic E-state index is 13.2. The standard InChI is InChI=1S/C23H17F3N2O2S/c1-14-5-4-6-15(11-14)12-16-13-27-22(31-16)28-21(29)20-10-9-19(30-20)17-7-2-3-8-18(17)23(24,25)26/h2-11,13H,12H2,1H3,(H,27,28,29). The Bertz CT molecular complexity index is 1230. The average molecular weight is 442 g/mol. The van der Waals surface area contributed by atoms with Crippen LogP contribution in [-0.2, 0) is 12.6 Å². The first kappa shape index (κ1) is 20.9. The van der Waals surface area contributed by atoms with Crippen LogP contribution in [0.2, 0.25) is 0 Å². The van der Waals surface area contributed by atoms with Crippen molar-refractivity contribution in [2.24, 2.45) is 0 Å². The van der Waals surface area contributed by atoms with Crippen molar-refractivity contribution in [3.05, 3.63) is 94.2 Å². The van der Waals surface area contributed by atoms with Gasteiger partial charge in [0.05, 0.1) is 5.56 Å². The van der Waals surface area contributed by atoms with Crippen molar-refractivity contribution in [1.29, 1.82) is 0 Å². The molecule has 0 fully saturated rings. The van der Waals surface area contributed by atoms with E-state index >= 15 is 0 Å². The number of nitrogens with one attached hydrogen (secondary N) is 1. The van der Waals surface area contributed by atoms with Gasteiger partial charge in [0.25, 0.3) is 5.91 Å². The average Bonchev–Trinajstić information content (AvgIpc) is 3.37. The van der Waals surface area contributed by atoms with Crippen molar-refractivity contribution in [1.82, 2.24) is 4.98 Å². The van der Waals surface area contributed by atoms with Crippen molar-refractivity contribution in [2.75, 3.05) is 5.32 Å². The number of nitrogens with zero attached hydrogens (tertiary/aromatic N) is 1. The molecule has 2 heterocycles. The number of furan rings is 1. The number of aromatic nitrogens is 1. The van der Waals surface area contributed by atoms with E-state index in [9.17, 15) is 18.0 Å². The first-order chi connectivity index (χ1) is 14.8. The Kier molecular flexibility index (Phi) is 5.65. The van der Waals surface area contributed by atoms with E-state index < -0.39 is 17.6 Å². The summed E-state index contributed by atoms with van der Waals surface area (Å²) in [5.41, 5.74) is 1.36. The third kappa shape index (κ3) is 4.86. The third-order valence-electron chi connectivity index (χ3n) is 4.56. The molecule has 0 saturated heterocycles. The number of thiazole rings is 1. The van der Waals surface area contributed by atoms with Gasteiger partial charge in [0.15, 0.2) is 10.9 Å². The van der Waals surface area contributed by atoms with Crippen LogP contribution in [0.4, 0.5) is 18.3 Å². The van der Waals surface area contributed by atoms with Gasteiger partial charge in [-0.05, 0) is 30.7 Å². The van der Waals surface area contributed by atoms with Crippen LogP contribution in [0.5, 0.6) is 0 Å². The fourth-order valence-electron chi connectivity index (χ4n) is 3.18. The number of alkyl halides is 3. The minimum absolute atomic E-state index is 0.0302. The summed E-state index contributed by atoms with van der Waals surface area (Å²) in [7, 11) is 0. The van der Waals surface area contributed by atoms with E-state index in [1.54, 1.807) is 6.20 Å². The Morgan fingerprint density at radius 3 is 2.68 bits per heavy atom. The summed E-state index contributed by atoms with van der Waals surface area (Å²) in [5, 5.41) is 3.03. The van der Waals surface area contributed by atoms with Crippen LogP contribution in [0, 0.1) is 6.92 Å². The maximum absolute atomic E-state index is 13.2. The second-order valence-corrected chi connectivity index (χ2v) is 8.07. The van der Waals surface area contributed by atoms with Gasteiger partial charge in [0, 0.05) is 23.1 Å². The summed E-state index contributed by atoms with van der Waals surface area (Å²) < 4.78 is 45.1. The van der Waals surface area contributed by atoms with Gasteiger partial charge in [-0.2, -0.15) is 13.2 Å². The monoisotopic (exact) mass is 442 g/mol. The predicted octanol–water partition coefficient (Wildman–Crippen LogP) is 6.57. The molecular weight excluding hydrogens is 425 g/mol. The number of aryl methyl sites for hydroxylation is 1. The molecule has 0 atom stereocenters. The molecule has 1 N–H and O–H groups in total. The van der Waals surface area contributed by atoms with Gasteiger partial charge in [-0.1, -0.05) is 48.0 Å². The molecule has 31 heavy (non-hydrogen) atoms. The molecule has 0 bridgehead atoms. The number of rotatable bonds is 5. The number of carbonyl (C=O) groups is 1. The second kappa shape index (κ2) is 8.39. The first-order valence-electron chi connectivity index (χ1n) is 9.37. The van der Waals surface area contributed by atoms with E-state index in [2.05, 4.69) is 16.4 Å². The Hall–Kier alpha value is -3.39. The van der Waals surface area contributed by atoms with Crippen molar-refractivity contribution in [3.8, 4) is 11.3 Å². The van der Waals surface area contributed by atoms with Gasteiger partial charge in [0.1, 0.15) is 5.76 Å². The predicted molar refractivity (Wildman–Crippen MR) is 113 cm³/mol. The van der Waals surface area contributed by atoms with E-state index in [0.29, 0.717) is 11.6 Å². The number of carbonyl (C=O) groups excluding carboxylic acids is 1. The zero-order valence-electron chi connectivity index (χ0n) is 16.4. The van der Waals surface area contributed by atoms with Gasteiger partial charge in [-0.25, -0.2) is 4.98 Å². The van der Waals surface area contributed by atoms with Gasteiger partial charge >= 0.3 is 6.18 Å². The smallest absolute Gasteiger partial charge is 0.417 e. The molecule has 4 rings (SSSR count). The highest BCUT2D eigenvalue weighted by Gasteiger charge is 2.34. The molecule has 0 aliphatic carbocycles. The fraction of sp³-hybridized carbons (Fsp3) is 0.130. The lowest BCUT2D eigenvalue weighted by atomic mass is 10.1. The molecule has 4 nitrogen and oxygen atoms in total. The summed E-state index contributed by atoms with van der Waals surface area (Å²) in [5.74, 6) is -0.702. The molecule has 2 aromatic heterocycles. The topological polar surface area (TPSA) is 55.1 Å². The highest BCUT2D eigenvalue weighted by molar-refractivity contribution is 7.15. The van der Waals surface area contributed by atoms with Crippen LogP contribution >= 0.6 is 11.3 Å². The van der Waals surface area contributed by atoms with E-state index in [-0.39, 0.29) is 17.1 Å². The highest BCUT2D eigenvalue weighted by Crippen LogP contribution is 2.37. The number of benzene rings is 2. The SMILES string of the molecule is Cc1cccc(Cc2cnc(NC(=O)c3ccc(-c4ccccc4C(F)(F)F)o3)s2)c1. The number of halogens is 3. The van der Waals surface area contributed by atoms with Crippen LogP contribution in [0.25, 0.3) is 11.3 Å². The lowest BCUT2D eigenvalue weighted by Gasteiger charge is -2.10. The van der Waals surface area contributed by atoms with Gasteiger partial charge in [-0.3, -0.25) is 10.1 Å². The van der Waals surface area contributed by atoms with Crippen LogP contribution in [0.3, 0.4) is 0 Å². The molecule has 8 heteroatoms. The molecule has 0 aliphatic heterocycles. The molecule has 0 unspecified atom stereocenters. The lowest BCUT2D eigenvalue weighted by molar-refractivity contribution is -0.137. The largest absolute Gasteiger partial charge is 0.451 e. The van der Waals surface area contributed by atoms with Crippen molar-refractivity contribution in [2.45, 2.75) is 19.5 Å². The molecule has 0 radical (unpaired) electrons. The summed E-state index contributed by atoms with van der Waals surface area (Å²) in [6.07, 6.45) is -2.15. The summed E-state index contributed by atoms with van der Waals surface area (Å²) in [4.78, 5) is 17.7. The summed E-state index contributed by atoms with van der Waals surface area (Å²) in [6, 6.07) is 15.9. The Morgan fingerprint density at radius 2 is 1.90 bits per heavy atom. The zero-order chi connectivity index (χ0) is 22.0. The second-order valence-electron chi connectivity index (χ2n) is 6.96. The van der Waals surface area contributed by atoms with Crippen LogP contribution in [0.1, 0.15) is 32.1 Å². The molecule has 0 spiro atoms. The minimum Gasteiger partial charge on any atom is -0.451 e. The molecule has 1 amide bonds. The molecule has 4 aromatic rings. The quantitative estimate of drug-likeness (QED) is 0.380. The zero-order valence-corrected chi connectivity index (χ0v) is 17.2. The highest BCUT2D eigenvalue weighted by atomic mass is 32.1. The van der Waals surface area contributed by atoms with E-state index in [0.717, 1.165) is 22.1 Å². The van der Waals surface area contributed by atoms with Gasteiger partial charge in [-0.15, -0.1) is 11.3 Å². The Balaban J connectivity index is 1.48. The number of amides is 1. The van der Waals surface area contributed by atoms with Crippen LogP contribution in [0.15, 0.2) is 71.3 Å². The normalized spacial score (nSPS) is 11.5. The van der Waals surface area contributed by atoms with Crippen molar-refractivity contribution in [3.63, 3.8) is 0 Å². The third-order valence-corrected chi connectivity index (χ3v) is 5.48. The Labute approximate surface area is 180 Å². The molecular formula is C23H17F3N2O2S. The first-order valence-corrected chi connectivity index (χ1v) is 10.2. The summed E-state index contributed by atoms with van der Waals surface area (Å²) >= 11 is 1.33. The molecule has 158 valence electrons. The van der Waals surface area contributed by atoms with Gasteiger partial charge < -0.3 is 4.42 Å². The van der Waals surface area contributed by atoms with Crippen molar-refractivity contribution < 1.29 is 22.4 Å². The molecule has 2 aromatic carbocycles. The van der Waals surface area contributed by atoms with Crippen molar-refractivity contribution >= 4 is 22.4 Å². The fourth-order valence-corrected chi connectivity index (χ4v) is 4.02.